The first-order valence-corrected chi connectivity index (χ1v) is 10.6. The number of piperidine rings is 1. The maximum atomic E-state index is 14.8. The van der Waals surface area contributed by atoms with Crippen molar-refractivity contribution in [2.75, 3.05) is 19.7 Å². The number of hydrogen-bond donors (Lipinski definition) is 0. The average molecular weight is 421 g/mol. The molecule has 31 heavy (non-hydrogen) atoms. The van der Waals surface area contributed by atoms with Crippen LogP contribution >= 0.6 is 0 Å². The lowest BCUT2D eigenvalue weighted by Crippen LogP contribution is -2.49. The minimum absolute atomic E-state index is 0.0406. The SMILES string of the molecule is CCOc1cccc(C(=O)N2CCC3(CC2)Oc2ccccc2-c2c3cnn2C)c1F. The van der Waals surface area contributed by atoms with E-state index in [0.29, 0.717) is 32.5 Å². The third kappa shape index (κ3) is 3.07. The molecule has 160 valence electrons. The van der Waals surface area contributed by atoms with Crippen LogP contribution in [0.2, 0.25) is 0 Å². The third-order valence-electron chi connectivity index (χ3n) is 6.23. The molecule has 1 spiro atoms. The van der Waals surface area contributed by atoms with E-state index in [9.17, 15) is 9.18 Å². The maximum absolute atomic E-state index is 14.8. The number of likely N-dealkylation sites (tertiary alicyclic amines) is 1. The van der Waals surface area contributed by atoms with Gasteiger partial charge in [-0.25, -0.2) is 4.39 Å². The van der Waals surface area contributed by atoms with Gasteiger partial charge < -0.3 is 14.4 Å². The van der Waals surface area contributed by atoms with E-state index in [4.69, 9.17) is 9.47 Å². The van der Waals surface area contributed by atoms with Crippen LogP contribution in [0, 0.1) is 5.82 Å². The van der Waals surface area contributed by atoms with Crippen LogP contribution in [-0.2, 0) is 12.6 Å². The molecule has 0 unspecified atom stereocenters. The summed E-state index contributed by atoms with van der Waals surface area (Å²) in [4.78, 5) is 14.8. The minimum Gasteiger partial charge on any atom is -0.491 e. The molecule has 0 atom stereocenters. The van der Waals surface area contributed by atoms with Crippen molar-refractivity contribution in [1.29, 1.82) is 0 Å². The molecule has 3 aromatic rings. The van der Waals surface area contributed by atoms with Crippen molar-refractivity contribution in [2.45, 2.75) is 25.4 Å². The summed E-state index contributed by atoms with van der Waals surface area (Å²) < 4.78 is 28.5. The predicted molar refractivity (Wildman–Crippen MR) is 114 cm³/mol. The van der Waals surface area contributed by atoms with E-state index in [0.717, 1.165) is 22.6 Å². The van der Waals surface area contributed by atoms with Crippen LogP contribution in [0.1, 0.15) is 35.7 Å². The van der Waals surface area contributed by atoms with E-state index in [1.807, 2.05) is 42.2 Å². The van der Waals surface area contributed by atoms with E-state index in [1.165, 1.54) is 12.1 Å². The highest BCUT2D eigenvalue weighted by molar-refractivity contribution is 5.95. The number of nitrogens with zero attached hydrogens (tertiary/aromatic N) is 3. The highest BCUT2D eigenvalue weighted by Gasteiger charge is 2.46. The van der Waals surface area contributed by atoms with Crippen LogP contribution in [0.15, 0.2) is 48.7 Å². The van der Waals surface area contributed by atoms with E-state index in [-0.39, 0.29) is 17.2 Å². The number of carbonyl (C=O) groups is 1. The molecule has 6 nitrogen and oxygen atoms in total. The first-order valence-electron chi connectivity index (χ1n) is 10.6. The van der Waals surface area contributed by atoms with Gasteiger partial charge in [-0.2, -0.15) is 5.10 Å². The van der Waals surface area contributed by atoms with E-state index >= 15 is 0 Å². The van der Waals surface area contributed by atoms with Crippen molar-refractivity contribution < 1.29 is 18.7 Å². The van der Waals surface area contributed by atoms with Crippen molar-refractivity contribution in [3.05, 3.63) is 65.6 Å². The molecule has 1 fully saturated rings. The third-order valence-corrected chi connectivity index (χ3v) is 6.23. The number of halogens is 1. The van der Waals surface area contributed by atoms with Crippen LogP contribution in [0.3, 0.4) is 0 Å². The summed E-state index contributed by atoms with van der Waals surface area (Å²) in [5.41, 5.74) is 2.62. The van der Waals surface area contributed by atoms with Crippen molar-refractivity contribution in [3.8, 4) is 22.8 Å². The molecular weight excluding hydrogens is 397 g/mol. The number of hydrogen-bond acceptors (Lipinski definition) is 4. The molecule has 0 radical (unpaired) electrons. The lowest BCUT2D eigenvalue weighted by atomic mass is 9.81. The van der Waals surface area contributed by atoms with Gasteiger partial charge in [-0.05, 0) is 31.2 Å². The van der Waals surface area contributed by atoms with Gasteiger partial charge in [-0.15, -0.1) is 0 Å². The van der Waals surface area contributed by atoms with Crippen molar-refractivity contribution in [2.24, 2.45) is 7.05 Å². The van der Waals surface area contributed by atoms with Gasteiger partial charge >= 0.3 is 0 Å². The molecule has 2 aliphatic rings. The van der Waals surface area contributed by atoms with Crippen LogP contribution in [0.4, 0.5) is 4.39 Å². The Hall–Kier alpha value is -3.35. The predicted octanol–water partition coefficient (Wildman–Crippen LogP) is 4.15. The number of aromatic nitrogens is 2. The van der Waals surface area contributed by atoms with E-state index in [1.54, 1.807) is 17.9 Å². The Kier molecular flexibility index (Phi) is 4.68. The molecule has 1 amide bonds. The lowest BCUT2D eigenvalue weighted by molar-refractivity contribution is -0.00186. The van der Waals surface area contributed by atoms with Gasteiger partial charge in [0.25, 0.3) is 5.91 Å². The highest BCUT2D eigenvalue weighted by atomic mass is 19.1. The fourth-order valence-corrected chi connectivity index (χ4v) is 4.66. The number of aryl methyl sites for hydroxylation is 1. The normalized spacial score (nSPS) is 16.4. The molecule has 5 rings (SSSR count). The topological polar surface area (TPSA) is 56.6 Å². The van der Waals surface area contributed by atoms with Crippen LogP contribution < -0.4 is 9.47 Å². The van der Waals surface area contributed by atoms with Crippen LogP contribution in [-0.4, -0.2) is 40.3 Å². The summed E-state index contributed by atoms with van der Waals surface area (Å²) in [6.07, 6.45) is 3.09. The molecule has 0 bridgehead atoms. The summed E-state index contributed by atoms with van der Waals surface area (Å²) >= 11 is 0. The Labute approximate surface area is 180 Å². The van der Waals surface area contributed by atoms with Gasteiger partial charge in [-0.3, -0.25) is 9.48 Å². The fourth-order valence-electron chi connectivity index (χ4n) is 4.66. The molecule has 2 aromatic carbocycles. The highest BCUT2D eigenvalue weighted by Crippen LogP contribution is 2.49. The van der Waals surface area contributed by atoms with Crippen LogP contribution in [0.25, 0.3) is 11.3 Å². The molecule has 0 saturated carbocycles. The number of ether oxygens (including phenoxy) is 2. The Morgan fingerprint density at radius 1 is 1.19 bits per heavy atom. The Morgan fingerprint density at radius 3 is 2.74 bits per heavy atom. The molecule has 0 aliphatic carbocycles. The summed E-state index contributed by atoms with van der Waals surface area (Å²) in [5.74, 6) is 0.00596. The first-order chi connectivity index (χ1) is 15.0. The van der Waals surface area contributed by atoms with Crippen molar-refractivity contribution in [3.63, 3.8) is 0 Å². The number of benzene rings is 2. The molecule has 7 heteroatoms. The smallest absolute Gasteiger partial charge is 0.256 e. The second-order valence-electron chi connectivity index (χ2n) is 7.97. The Morgan fingerprint density at radius 2 is 1.97 bits per heavy atom. The quantitative estimate of drug-likeness (QED) is 0.638. The van der Waals surface area contributed by atoms with Gasteiger partial charge in [0.15, 0.2) is 11.6 Å². The Balaban J connectivity index is 1.41. The maximum Gasteiger partial charge on any atom is 0.256 e. The first kappa shape index (κ1) is 19.6. The van der Waals surface area contributed by atoms with E-state index < -0.39 is 11.4 Å². The molecule has 2 aliphatic heterocycles. The number of amides is 1. The van der Waals surface area contributed by atoms with Gasteiger partial charge in [0.1, 0.15) is 11.4 Å². The largest absolute Gasteiger partial charge is 0.491 e. The zero-order valence-electron chi connectivity index (χ0n) is 17.6. The number of para-hydroxylation sites is 1. The number of fused-ring (bicyclic) bond motifs is 4. The second-order valence-corrected chi connectivity index (χ2v) is 7.97. The van der Waals surface area contributed by atoms with Gasteiger partial charge in [0, 0.05) is 44.1 Å². The molecule has 3 heterocycles. The van der Waals surface area contributed by atoms with Crippen molar-refractivity contribution in [1.82, 2.24) is 14.7 Å². The monoisotopic (exact) mass is 421 g/mol. The van der Waals surface area contributed by atoms with Gasteiger partial charge in [0.2, 0.25) is 0 Å². The zero-order chi connectivity index (χ0) is 21.6. The van der Waals surface area contributed by atoms with E-state index in [2.05, 4.69) is 5.10 Å². The molecule has 1 aromatic heterocycles. The number of rotatable bonds is 3. The fraction of sp³-hybridized carbons (Fsp3) is 0.333. The van der Waals surface area contributed by atoms with Crippen LogP contribution in [0.5, 0.6) is 11.5 Å². The number of carbonyl (C=O) groups excluding carboxylic acids is 1. The lowest BCUT2D eigenvalue weighted by Gasteiger charge is -2.44. The van der Waals surface area contributed by atoms with Gasteiger partial charge in [0.05, 0.1) is 24.1 Å². The minimum atomic E-state index is -0.605. The molecule has 0 N–H and O–H groups in total. The van der Waals surface area contributed by atoms with Crippen molar-refractivity contribution >= 4 is 5.91 Å². The summed E-state index contributed by atoms with van der Waals surface area (Å²) in [6.45, 7) is 3.06. The summed E-state index contributed by atoms with van der Waals surface area (Å²) in [7, 11) is 1.93. The molecular formula is C24H24FN3O3. The average Bonchev–Trinajstić information content (AvgIpc) is 3.18. The zero-order valence-corrected chi connectivity index (χ0v) is 17.6. The molecule has 1 saturated heterocycles. The Bertz CT molecular complexity index is 1150. The second kappa shape index (κ2) is 7.41. The van der Waals surface area contributed by atoms with Gasteiger partial charge in [-0.1, -0.05) is 18.2 Å². The summed E-state index contributed by atoms with van der Waals surface area (Å²) in [5, 5.41) is 4.48. The standard InChI is InChI=1S/C24H24FN3O3/c1-3-30-20-10-6-8-17(21(20)25)23(29)28-13-11-24(12-14-28)18-15-26-27(2)22(18)16-7-4-5-9-19(16)31-24/h4-10,15H,3,11-14H2,1-2H3. The summed E-state index contributed by atoms with van der Waals surface area (Å²) in [6, 6.07) is 12.7.